The van der Waals surface area contributed by atoms with E-state index in [2.05, 4.69) is 45.2 Å². The van der Waals surface area contributed by atoms with Gasteiger partial charge < -0.3 is 14.6 Å². The van der Waals surface area contributed by atoms with Gasteiger partial charge in [0.15, 0.2) is 0 Å². The van der Waals surface area contributed by atoms with Gasteiger partial charge in [0, 0.05) is 18.4 Å². The van der Waals surface area contributed by atoms with Gasteiger partial charge in [0.05, 0.1) is 18.6 Å². The van der Waals surface area contributed by atoms with Gasteiger partial charge in [0.25, 0.3) is 0 Å². The third-order valence-corrected chi connectivity index (χ3v) is 4.43. The molecule has 4 heteroatoms. The first-order valence-corrected chi connectivity index (χ1v) is 8.40. The van der Waals surface area contributed by atoms with Crippen LogP contribution in [0, 0.1) is 0 Å². The van der Waals surface area contributed by atoms with E-state index in [-0.39, 0.29) is 0 Å². The van der Waals surface area contributed by atoms with E-state index in [1.165, 1.54) is 23.2 Å². The third kappa shape index (κ3) is 3.27. The molecule has 0 fully saturated rings. The second kappa shape index (κ2) is 6.79. The lowest BCUT2D eigenvalue weighted by Crippen LogP contribution is -2.28. The average Bonchev–Trinajstić information content (AvgIpc) is 3.14. The molecular weight excluding hydrogens is 298 g/mol. The van der Waals surface area contributed by atoms with Crippen LogP contribution in [0.1, 0.15) is 23.2 Å². The Morgan fingerprint density at radius 1 is 1.12 bits per heavy atom. The number of rotatable bonds is 5. The van der Waals surface area contributed by atoms with Crippen molar-refractivity contribution in [3.63, 3.8) is 0 Å². The first-order chi connectivity index (χ1) is 11.9. The van der Waals surface area contributed by atoms with Crippen LogP contribution in [0.25, 0.3) is 0 Å². The van der Waals surface area contributed by atoms with E-state index < -0.39 is 0 Å². The monoisotopic (exact) mass is 319 g/mol. The molecule has 0 unspecified atom stereocenters. The Kier molecular flexibility index (Phi) is 4.19. The molecule has 1 aromatic heterocycles. The van der Waals surface area contributed by atoms with Gasteiger partial charge in [-0.25, -0.2) is 4.98 Å². The number of anilines is 1. The highest BCUT2D eigenvalue weighted by atomic mass is 16.5. The van der Waals surface area contributed by atoms with Crippen molar-refractivity contribution in [1.29, 1.82) is 0 Å². The lowest BCUT2D eigenvalue weighted by atomic mass is 10.0. The minimum Gasteiger partial charge on any atom is -0.489 e. The Labute approximate surface area is 142 Å². The highest BCUT2D eigenvalue weighted by Gasteiger charge is 2.18. The van der Waals surface area contributed by atoms with Crippen LogP contribution in [-0.2, 0) is 19.6 Å². The molecular formula is C20H21N3O. The molecule has 1 N–H and O–H groups in total. The van der Waals surface area contributed by atoms with Crippen molar-refractivity contribution >= 4 is 5.69 Å². The Morgan fingerprint density at radius 3 is 2.88 bits per heavy atom. The maximum absolute atomic E-state index is 5.96. The number of nitrogens with zero attached hydrogens (tertiary/aromatic N) is 2. The summed E-state index contributed by atoms with van der Waals surface area (Å²) in [7, 11) is 0. The second-order valence-electron chi connectivity index (χ2n) is 6.17. The summed E-state index contributed by atoms with van der Waals surface area (Å²) in [5.74, 6) is 0.945. The van der Waals surface area contributed by atoms with E-state index in [0.29, 0.717) is 6.61 Å². The van der Waals surface area contributed by atoms with Crippen LogP contribution in [0.3, 0.4) is 0 Å². The molecule has 0 saturated carbocycles. The average molecular weight is 319 g/mol. The van der Waals surface area contributed by atoms with Gasteiger partial charge in [-0.15, -0.1) is 0 Å². The molecule has 2 aromatic carbocycles. The van der Waals surface area contributed by atoms with E-state index >= 15 is 0 Å². The lowest BCUT2D eigenvalue weighted by molar-refractivity contribution is 0.306. The maximum Gasteiger partial charge on any atom is 0.120 e. The van der Waals surface area contributed by atoms with Gasteiger partial charge in [-0.1, -0.05) is 30.3 Å². The van der Waals surface area contributed by atoms with Crippen molar-refractivity contribution in [3.8, 4) is 5.75 Å². The number of aromatic amines is 1. The van der Waals surface area contributed by atoms with Gasteiger partial charge in [0.2, 0.25) is 0 Å². The van der Waals surface area contributed by atoms with Crippen LogP contribution in [0.2, 0.25) is 0 Å². The zero-order valence-corrected chi connectivity index (χ0v) is 13.6. The number of aryl methyl sites for hydroxylation is 1. The molecule has 0 atom stereocenters. The van der Waals surface area contributed by atoms with E-state index in [1.54, 1.807) is 6.33 Å². The normalized spacial score (nSPS) is 13.6. The van der Waals surface area contributed by atoms with Gasteiger partial charge in [-0.3, -0.25) is 0 Å². The number of aromatic nitrogens is 2. The number of fused-ring (bicyclic) bond motifs is 1. The van der Waals surface area contributed by atoms with Crippen molar-refractivity contribution in [2.24, 2.45) is 0 Å². The van der Waals surface area contributed by atoms with Crippen LogP contribution in [0.4, 0.5) is 5.69 Å². The van der Waals surface area contributed by atoms with Crippen molar-refractivity contribution in [2.75, 3.05) is 11.4 Å². The molecule has 4 rings (SSSR count). The highest BCUT2D eigenvalue weighted by Crippen LogP contribution is 2.31. The summed E-state index contributed by atoms with van der Waals surface area (Å²) in [6.45, 7) is 2.56. The number of ether oxygens (including phenoxy) is 1. The van der Waals surface area contributed by atoms with Crippen LogP contribution in [-0.4, -0.2) is 16.5 Å². The second-order valence-corrected chi connectivity index (χ2v) is 6.17. The number of H-pyrrole nitrogens is 1. The van der Waals surface area contributed by atoms with Crippen molar-refractivity contribution < 1.29 is 4.74 Å². The maximum atomic E-state index is 5.96. The SMILES string of the molecule is c1ccc(COc2ccc3c(c2)CCCN3Cc2cnc[nH]2)cc1. The van der Waals surface area contributed by atoms with Crippen molar-refractivity contribution in [3.05, 3.63) is 77.9 Å². The topological polar surface area (TPSA) is 41.1 Å². The summed E-state index contributed by atoms with van der Waals surface area (Å²) in [6.07, 6.45) is 5.91. The van der Waals surface area contributed by atoms with Gasteiger partial charge in [-0.2, -0.15) is 0 Å². The Hall–Kier alpha value is -2.75. The zero-order valence-electron chi connectivity index (χ0n) is 13.6. The smallest absolute Gasteiger partial charge is 0.120 e. The quantitative estimate of drug-likeness (QED) is 0.774. The van der Waals surface area contributed by atoms with Crippen molar-refractivity contribution in [2.45, 2.75) is 26.0 Å². The summed E-state index contributed by atoms with van der Waals surface area (Å²) in [4.78, 5) is 9.71. The molecule has 0 radical (unpaired) electrons. The number of imidazole rings is 1. The van der Waals surface area contributed by atoms with Crippen LogP contribution >= 0.6 is 0 Å². The standard InChI is InChI=1S/C20H21N3O/c1-2-5-16(6-3-1)14-24-19-8-9-20-17(11-19)7-4-10-23(20)13-18-12-21-15-22-18/h1-3,5-6,8-9,11-12,15H,4,7,10,13-14H2,(H,21,22). The molecule has 0 saturated heterocycles. The lowest BCUT2D eigenvalue weighted by Gasteiger charge is -2.31. The van der Waals surface area contributed by atoms with E-state index in [0.717, 1.165) is 31.0 Å². The van der Waals surface area contributed by atoms with Crippen molar-refractivity contribution in [1.82, 2.24) is 9.97 Å². The van der Waals surface area contributed by atoms with Gasteiger partial charge in [0.1, 0.15) is 12.4 Å². The largest absolute Gasteiger partial charge is 0.489 e. The molecule has 1 aliphatic rings. The number of hydrogen-bond acceptors (Lipinski definition) is 3. The predicted octanol–water partition coefficient (Wildman–Crippen LogP) is 3.94. The molecule has 0 spiro atoms. The molecule has 0 amide bonds. The molecule has 0 bridgehead atoms. The Morgan fingerprint density at radius 2 is 2.04 bits per heavy atom. The minimum absolute atomic E-state index is 0.609. The van der Waals surface area contributed by atoms with Crippen LogP contribution in [0.5, 0.6) is 5.75 Å². The zero-order chi connectivity index (χ0) is 16.2. The fourth-order valence-electron chi connectivity index (χ4n) is 3.22. The number of hydrogen-bond donors (Lipinski definition) is 1. The van der Waals surface area contributed by atoms with Crippen LogP contribution < -0.4 is 9.64 Å². The summed E-state index contributed by atoms with van der Waals surface area (Å²) in [5.41, 5.74) is 5.01. The first kappa shape index (κ1) is 14.8. The fraction of sp³-hybridized carbons (Fsp3) is 0.250. The van der Waals surface area contributed by atoms with Gasteiger partial charge in [-0.05, 0) is 42.2 Å². The summed E-state index contributed by atoms with van der Waals surface area (Å²) in [6, 6.07) is 16.7. The van der Waals surface area contributed by atoms with Crippen LogP contribution in [0.15, 0.2) is 61.1 Å². The molecule has 24 heavy (non-hydrogen) atoms. The summed E-state index contributed by atoms with van der Waals surface area (Å²) < 4.78 is 5.96. The number of benzene rings is 2. The van der Waals surface area contributed by atoms with E-state index in [4.69, 9.17) is 4.74 Å². The Bertz CT molecular complexity index is 784. The molecule has 3 aromatic rings. The summed E-state index contributed by atoms with van der Waals surface area (Å²) in [5, 5.41) is 0. The molecule has 122 valence electrons. The highest BCUT2D eigenvalue weighted by molar-refractivity contribution is 5.58. The molecule has 2 heterocycles. The summed E-state index contributed by atoms with van der Waals surface area (Å²) >= 11 is 0. The number of nitrogens with one attached hydrogen (secondary N) is 1. The van der Waals surface area contributed by atoms with E-state index in [1.807, 2.05) is 24.4 Å². The van der Waals surface area contributed by atoms with Gasteiger partial charge >= 0.3 is 0 Å². The third-order valence-electron chi connectivity index (χ3n) is 4.43. The molecule has 0 aliphatic carbocycles. The fourth-order valence-corrected chi connectivity index (χ4v) is 3.22. The minimum atomic E-state index is 0.609. The Balaban J connectivity index is 1.48. The predicted molar refractivity (Wildman–Crippen MR) is 95.2 cm³/mol. The van der Waals surface area contributed by atoms with E-state index in [9.17, 15) is 0 Å². The molecule has 4 nitrogen and oxygen atoms in total. The first-order valence-electron chi connectivity index (χ1n) is 8.40. The molecule has 1 aliphatic heterocycles.